The highest BCUT2D eigenvalue weighted by Crippen LogP contribution is 2.27. The van der Waals surface area contributed by atoms with Crippen LogP contribution in [0.3, 0.4) is 0 Å². The molecule has 1 aromatic rings. The number of rotatable bonds is 4. The van der Waals surface area contributed by atoms with E-state index in [-0.39, 0.29) is 17.6 Å². The number of nitrogens with zero attached hydrogens (tertiary/aromatic N) is 1. The minimum atomic E-state index is -0.249. The lowest BCUT2D eigenvalue weighted by atomic mass is 10.1. The first-order valence-electron chi connectivity index (χ1n) is 6.84. The van der Waals surface area contributed by atoms with E-state index in [9.17, 15) is 9.18 Å². The molecule has 0 aromatic heterocycles. The Hall–Kier alpha value is -0.900. The lowest BCUT2D eigenvalue weighted by molar-refractivity contribution is -0.135. The normalized spacial score (nSPS) is 15.7. The van der Waals surface area contributed by atoms with Gasteiger partial charge in [0.05, 0.1) is 0 Å². The van der Waals surface area contributed by atoms with Gasteiger partial charge in [-0.15, -0.1) is 0 Å². The summed E-state index contributed by atoms with van der Waals surface area (Å²) in [6.07, 6.45) is 4.24. The fraction of sp³-hybridized carbons (Fsp3) is 0.533. The van der Waals surface area contributed by atoms with Crippen molar-refractivity contribution in [3.8, 4) is 0 Å². The third-order valence-electron chi connectivity index (χ3n) is 3.77. The minimum absolute atomic E-state index is 0.148. The maximum absolute atomic E-state index is 13.7. The molecule has 0 spiro atoms. The van der Waals surface area contributed by atoms with Crippen molar-refractivity contribution < 1.29 is 9.18 Å². The average Bonchev–Trinajstić information content (AvgIpc) is 2.93. The van der Waals surface area contributed by atoms with E-state index in [1.165, 1.54) is 6.07 Å². The van der Waals surface area contributed by atoms with Gasteiger partial charge in [0, 0.05) is 29.0 Å². The number of amides is 1. The van der Waals surface area contributed by atoms with Crippen molar-refractivity contribution in [1.82, 2.24) is 4.90 Å². The SMILES string of the molecule is CCN(Cc1cc(Br)ccc1F)C(=O)C1CCCC1. The second-order valence-electron chi connectivity index (χ2n) is 5.07. The second-order valence-corrected chi connectivity index (χ2v) is 5.99. The van der Waals surface area contributed by atoms with Gasteiger partial charge in [-0.05, 0) is 38.0 Å². The van der Waals surface area contributed by atoms with Gasteiger partial charge in [0.2, 0.25) is 5.91 Å². The standard InChI is InChI=1S/C15H19BrFNO/c1-2-18(15(19)11-5-3-4-6-11)10-12-9-13(16)7-8-14(12)17/h7-9,11H,2-6,10H2,1H3. The zero-order valence-electron chi connectivity index (χ0n) is 11.2. The maximum atomic E-state index is 13.7. The topological polar surface area (TPSA) is 20.3 Å². The fourth-order valence-electron chi connectivity index (χ4n) is 2.65. The number of carbonyl (C=O) groups is 1. The van der Waals surface area contributed by atoms with Gasteiger partial charge in [0.25, 0.3) is 0 Å². The van der Waals surface area contributed by atoms with Gasteiger partial charge in [0.1, 0.15) is 5.82 Å². The summed E-state index contributed by atoms with van der Waals surface area (Å²) >= 11 is 3.34. The smallest absolute Gasteiger partial charge is 0.225 e. The van der Waals surface area contributed by atoms with Gasteiger partial charge < -0.3 is 4.90 Å². The first kappa shape index (κ1) is 14.5. The molecule has 19 heavy (non-hydrogen) atoms. The molecule has 0 bridgehead atoms. The van der Waals surface area contributed by atoms with Crippen molar-refractivity contribution in [1.29, 1.82) is 0 Å². The van der Waals surface area contributed by atoms with E-state index in [1.807, 2.05) is 6.92 Å². The zero-order valence-corrected chi connectivity index (χ0v) is 12.7. The van der Waals surface area contributed by atoms with E-state index >= 15 is 0 Å². The number of hydrogen-bond donors (Lipinski definition) is 0. The van der Waals surface area contributed by atoms with Crippen molar-refractivity contribution in [2.45, 2.75) is 39.2 Å². The molecular weight excluding hydrogens is 309 g/mol. The predicted molar refractivity (Wildman–Crippen MR) is 77.1 cm³/mol. The Morgan fingerprint density at radius 1 is 1.42 bits per heavy atom. The Balaban J connectivity index is 2.09. The molecule has 1 saturated carbocycles. The highest BCUT2D eigenvalue weighted by molar-refractivity contribution is 9.10. The van der Waals surface area contributed by atoms with Crippen LogP contribution in [-0.2, 0) is 11.3 Å². The monoisotopic (exact) mass is 327 g/mol. The van der Waals surface area contributed by atoms with Crippen molar-refractivity contribution >= 4 is 21.8 Å². The first-order valence-corrected chi connectivity index (χ1v) is 7.64. The molecule has 0 heterocycles. The molecule has 4 heteroatoms. The molecular formula is C15H19BrFNO. The summed E-state index contributed by atoms with van der Waals surface area (Å²) in [6, 6.07) is 4.86. The van der Waals surface area contributed by atoms with Gasteiger partial charge in [0.15, 0.2) is 0 Å². The van der Waals surface area contributed by atoms with Crippen LogP contribution in [0.2, 0.25) is 0 Å². The number of hydrogen-bond acceptors (Lipinski definition) is 1. The van der Waals surface area contributed by atoms with Crippen LogP contribution in [0.4, 0.5) is 4.39 Å². The summed E-state index contributed by atoms with van der Waals surface area (Å²) in [5.41, 5.74) is 0.572. The summed E-state index contributed by atoms with van der Waals surface area (Å²) < 4.78 is 14.6. The van der Waals surface area contributed by atoms with E-state index in [2.05, 4.69) is 15.9 Å². The Labute approximate surface area is 122 Å². The molecule has 0 saturated heterocycles. The third-order valence-corrected chi connectivity index (χ3v) is 4.26. The predicted octanol–water partition coefficient (Wildman–Crippen LogP) is 4.13. The summed E-state index contributed by atoms with van der Waals surface area (Å²) in [4.78, 5) is 14.1. The van der Waals surface area contributed by atoms with Gasteiger partial charge in [-0.25, -0.2) is 4.39 Å². The Kier molecular flexibility index (Phi) is 4.97. The van der Waals surface area contributed by atoms with Crippen molar-refractivity contribution in [3.63, 3.8) is 0 Å². The molecule has 1 amide bonds. The molecule has 0 aliphatic heterocycles. The van der Waals surface area contributed by atoms with E-state index in [1.54, 1.807) is 17.0 Å². The van der Waals surface area contributed by atoms with Gasteiger partial charge >= 0.3 is 0 Å². The lowest BCUT2D eigenvalue weighted by Crippen LogP contribution is -2.34. The number of carbonyl (C=O) groups excluding carboxylic acids is 1. The van der Waals surface area contributed by atoms with Crippen molar-refractivity contribution in [2.75, 3.05) is 6.54 Å². The van der Waals surface area contributed by atoms with Crippen LogP contribution in [0.15, 0.2) is 22.7 Å². The van der Waals surface area contributed by atoms with E-state index < -0.39 is 0 Å². The van der Waals surface area contributed by atoms with E-state index in [0.717, 1.165) is 30.2 Å². The fourth-order valence-corrected chi connectivity index (χ4v) is 3.06. The van der Waals surface area contributed by atoms with Crippen molar-refractivity contribution in [3.05, 3.63) is 34.1 Å². The van der Waals surface area contributed by atoms with Gasteiger partial charge in [-0.3, -0.25) is 4.79 Å². The maximum Gasteiger partial charge on any atom is 0.225 e. The number of benzene rings is 1. The molecule has 2 rings (SSSR count). The lowest BCUT2D eigenvalue weighted by Gasteiger charge is -2.24. The highest BCUT2D eigenvalue weighted by Gasteiger charge is 2.26. The third kappa shape index (κ3) is 3.56. The summed E-state index contributed by atoms with van der Waals surface area (Å²) in [5.74, 6) is 0.0791. The quantitative estimate of drug-likeness (QED) is 0.814. The summed E-state index contributed by atoms with van der Waals surface area (Å²) in [5, 5.41) is 0. The molecule has 2 nitrogen and oxygen atoms in total. The van der Waals surface area contributed by atoms with Crippen LogP contribution in [-0.4, -0.2) is 17.4 Å². The van der Waals surface area contributed by atoms with Gasteiger partial charge in [-0.1, -0.05) is 28.8 Å². The molecule has 104 valence electrons. The zero-order chi connectivity index (χ0) is 13.8. The molecule has 0 atom stereocenters. The van der Waals surface area contributed by atoms with Crippen LogP contribution in [0, 0.1) is 11.7 Å². The average molecular weight is 328 g/mol. The van der Waals surface area contributed by atoms with Crippen LogP contribution in [0.25, 0.3) is 0 Å². The van der Waals surface area contributed by atoms with Crippen LogP contribution in [0.1, 0.15) is 38.2 Å². The van der Waals surface area contributed by atoms with Crippen LogP contribution in [0.5, 0.6) is 0 Å². The van der Waals surface area contributed by atoms with Crippen LogP contribution < -0.4 is 0 Å². The molecule has 0 N–H and O–H groups in total. The molecule has 1 aliphatic rings. The summed E-state index contributed by atoms with van der Waals surface area (Å²) in [6.45, 7) is 2.93. The largest absolute Gasteiger partial charge is 0.338 e. The highest BCUT2D eigenvalue weighted by atomic mass is 79.9. The molecule has 1 aliphatic carbocycles. The Morgan fingerprint density at radius 3 is 2.74 bits per heavy atom. The second kappa shape index (κ2) is 6.51. The molecule has 1 aromatic carbocycles. The number of halogens is 2. The van der Waals surface area contributed by atoms with E-state index in [0.29, 0.717) is 18.7 Å². The van der Waals surface area contributed by atoms with Crippen LogP contribution >= 0.6 is 15.9 Å². The molecule has 0 unspecified atom stereocenters. The molecule has 0 radical (unpaired) electrons. The van der Waals surface area contributed by atoms with Crippen molar-refractivity contribution in [2.24, 2.45) is 5.92 Å². The summed E-state index contributed by atoms with van der Waals surface area (Å²) in [7, 11) is 0. The Morgan fingerprint density at radius 2 is 2.11 bits per heavy atom. The van der Waals surface area contributed by atoms with E-state index in [4.69, 9.17) is 0 Å². The molecule has 1 fully saturated rings. The van der Waals surface area contributed by atoms with Gasteiger partial charge in [-0.2, -0.15) is 0 Å². The minimum Gasteiger partial charge on any atom is -0.338 e. The Bertz CT molecular complexity index is 457. The first-order chi connectivity index (χ1) is 9.11.